The van der Waals surface area contributed by atoms with Crippen LogP contribution in [0.5, 0.6) is 5.88 Å². The van der Waals surface area contributed by atoms with E-state index in [1.807, 2.05) is 23.1 Å². The Morgan fingerprint density at radius 1 is 1.38 bits per heavy atom. The van der Waals surface area contributed by atoms with Crippen LogP contribution >= 0.6 is 0 Å². The fourth-order valence-electron chi connectivity index (χ4n) is 4.18. The number of ether oxygens (including phenoxy) is 2. The number of carbonyl (C=O) groups excluding carboxylic acids is 1. The molecule has 1 aromatic heterocycles. The Morgan fingerprint density at radius 3 is 3.04 bits per heavy atom. The van der Waals surface area contributed by atoms with Gasteiger partial charge in [0.25, 0.3) is 0 Å². The summed E-state index contributed by atoms with van der Waals surface area (Å²) in [7, 11) is 0. The van der Waals surface area contributed by atoms with Gasteiger partial charge in [-0.25, -0.2) is 4.98 Å². The summed E-state index contributed by atoms with van der Waals surface area (Å²) in [4.78, 5) is 20.9. The third kappa shape index (κ3) is 3.13. The van der Waals surface area contributed by atoms with Crippen LogP contribution in [0.4, 0.5) is 0 Å². The van der Waals surface area contributed by atoms with Crippen molar-refractivity contribution in [3.63, 3.8) is 0 Å². The first-order chi connectivity index (χ1) is 11.8. The van der Waals surface area contributed by atoms with Gasteiger partial charge in [-0.2, -0.15) is 0 Å². The number of amides is 1. The third-order valence-electron chi connectivity index (χ3n) is 5.55. The van der Waals surface area contributed by atoms with E-state index < -0.39 is 0 Å². The number of hydrogen-bond acceptors (Lipinski definition) is 5. The van der Waals surface area contributed by atoms with Gasteiger partial charge < -0.3 is 14.4 Å². The summed E-state index contributed by atoms with van der Waals surface area (Å²) in [5.74, 6) is 1.37. The van der Waals surface area contributed by atoms with Gasteiger partial charge in [-0.05, 0) is 18.9 Å². The zero-order valence-corrected chi connectivity index (χ0v) is 14.0. The maximum atomic E-state index is 12.4. The Bertz CT molecular complexity index is 576. The molecule has 0 bridgehead atoms. The third-order valence-corrected chi connectivity index (χ3v) is 5.55. The molecule has 6 heteroatoms. The smallest absolute Gasteiger partial charge is 0.236 e. The monoisotopic (exact) mass is 331 g/mol. The zero-order chi connectivity index (χ0) is 16.4. The van der Waals surface area contributed by atoms with E-state index in [0.29, 0.717) is 31.6 Å². The quantitative estimate of drug-likeness (QED) is 0.807. The van der Waals surface area contributed by atoms with Crippen molar-refractivity contribution >= 4 is 5.91 Å². The molecule has 3 saturated heterocycles. The van der Waals surface area contributed by atoms with E-state index in [4.69, 9.17) is 9.47 Å². The zero-order valence-electron chi connectivity index (χ0n) is 14.0. The van der Waals surface area contributed by atoms with Gasteiger partial charge in [0.05, 0.1) is 26.4 Å². The Kier molecular flexibility index (Phi) is 4.41. The summed E-state index contributed by atoms with van der Waals surface area (Å²) < 4.78 is 11.7. The fourth-order valence-corrected chi connectivity index (χ4v) is 4.18. The molecular weight excluding hydrogens is 306 g/mol. The lowest BCUT2D eigenvalue weighted by atomic mass is 9.82. The topological polar surface area (TPSA) is 54.9 Å². The van der Waals surface area contributed by atoms with Gasteiger partial charge >= 0.3 is 0 Å². The first-order valence-electron chi connectivity index (χ1n) is 8.87. The first kappa shape index (κ1) is 15.8. The standard InChI is InChI=1S/C18H25N3O3/c22-17(21-7-3-4-8-21)10-20-9-15-11-23-13-18(15,12-20)14-24-16-5-1-2-6-19-16/h1-2,5-6,15H,3-4,7-14H2/t15-,18+/m1/s1. The Labute approximate surface area is 142 Å². The van der Waals surface area contributed by atoms with E-state index in [0.717, 1.165) is 45.6 Å². The van der Waals surface area contributed by atoms with E-state index in [2.05, 4.69) is 9.88 Å². The highest BCUT2D eigenvalue weighted by Gasteiger charge is 2.51. The van der Waals surface area contributed by atoms with Crippen LogP contribution in [-0.2, 0) is 9.53 Å². The van der Waals surface area contributed by atoms with E-state index >= 15 is 0 Å². The van der Waals surface area contributed by atoms with Gasteiger partial charge in [0.2, 0.25) is 11.8 Å². The number of likely N-dealkylation sites (tertiary alicyclic amines) is 2. The Balaban J connectivity index is 1.36. The van der Waals surface area contributed by atoms with Crippen molar-refractivity contribution in [2.24, 2.45) is 11.3 Å². The van der Waals surface area contributed by atoms with Gasteiger partial charge in [-0.3, -0.25) is 9.69 Å². The molecule has 130 valence electrons. The summed E-state index contributed by atoms with van der Waals surface area (Å²) in [6, 6.07) is 5.69. The van der Waals surface area contributed by atoms with Gasteiger partial charge in [0.1, 0.15) is 0 Å². The molecule has 0 aromatic carbocycles. The normalized spacial score (nSPS) is 29.8. The van der Waals surface area contributed by atoms with Crippen LogP contribution in [-0.4, -0.2) is 73.2 Å². The van der Waals surface area contributed by atoms with Crippen molar-refractivity contribution in [1.82, 2.24) is 14.8 Å². The first-order valence-corrected chi connectivity index (χ1v) is 8.87. The molecule has 0 saturated carbocycles. The van der Waals surface area contributed by atoms with Gasteiger partial charge in [0.15, 0.2) is 0 Å². The summed E-state index contributed by atoms with van der Waals surface area (Å²) in [5, 5.41) is 0. The van der Waals surface area contributed by atoms with Crippen LogP contribution in [0.15, 0.2) is 24.4 Å². The predicted octanol–water partition coefficient (Wildman–Crippen LogP) is 1.03. The number of pyridine rings is 1. The van der Waals surface area contributed by atoms with Gasteiger partial charge in [0, 0.05) is 49.8 Å². The summed E-state index contributed by atoms with van der Waals surface area (Å²) in [5.41, 5.74) is -0.0111. The molecule has 24 heavy (non-hydrogen) atoms. The highest BCUT2D eigenvalue weighted by molar-refractivity contribution is 5.78. The molecule has 0 spiro atoms. The molecule has 3 aliphatic rings. The number of aromatic nitrogens is 1. The number of carbonyl (C=O) groups is 1. The summed E-state index contributed by atoms with van der Waals surface area (Å²) in [6.07, 6.45) is 4.03. The highest BCUT2D eigenvalue weighted by atomic mass is 16.5. The molecule has 4 heterocycles. The highest BCUT2D eigenvalue weighted by Crippen LogP contribution is 2.41. The minimum absolute atomic E-state index is 0.0111. The number of fused-ring (bicyclic) bond motifs is 1. The van der Waals surface area contributed by atoms with Crippen LogP contribution < -0.4 is 4.74 Å². The molecule has 6 nitrogen and oxygen atoms in total. The lowest BCUT2D eigenvalue weighted by molar-refractivity contribution is -0.131. The Hall–Kier alpha value is -1.66. The minimum atomic E-state index is -0.0111. The molecule has 0 unspecified atom stereocenters. The number of rotatable bonds is 5. The molecule has 1 amide bonds. The van der Waals surface area contributed by atoms with Crippen molar-refractivity contribution in [3.05, 3.63) is 24.4 Å². The van der Waals surface area contributed by atoms with E-state index in [-0.39, 0.29) is 11.3 Å². The van der Waals surface area contributed by atoms with Crippen LogP contribution in [0.3, 0.4) is 0 Å². The maximum Gasteiger partial charge on any atom is 0.236 e. The van der Waals surface area contributed by atoms with Gasteiger partial charge in [-0.1, -0.05) is 6.07 Å². The average molecular weight is 331 g/mol. The fraction of sp³-hybridized carbons (Fsp3) is 0.667. The Morgan fingerprint density at radius 2 is 2.25 bits per heavy atom. The molecular formula is C18H25N3O3. The second kappa shape index (κ2) is 6.69. The molecule has 4 rings (SSSR count). The van der Waals surface area contributed by atoms with Crippen LogP contribution in [0, 0.1) is 11.3 Å². The van der Waals surface area contributed by atoms with Crippen LogP contribution in [0.2, 0.25) is 0 Å². The molecule has 0 aliphatic carbocycles. The number of nitrogens with zero attached hydrogens (tertiary/aromatic N) is 3. The molecule has 0 radical (unpaired) electrons. The summed E-state index contributed by atoms with van der Waals surface area (Å²) in [6.45, 7) is 6.24. The lowest BCUT2D eigenvalue weighted by Crippen LogP contribution is -2.41. The largest absolute Gasteiger partial charge is 0.477 e. The molecule has 1 aromatic rings. The van der Waals surface area contributed by atoms with Crippen molar-refractivity contribution in [3.8, 4) is 5.88 Å². The van der Waals surface area contributed by atoms with Crippen molar-refractivity contribution < 1.29 is 14.3 Å². The van der Waals surface area contributed by atoms with Crippen molar-refractivity contribution in [2.45, 2.75) is 12.8 Å². The van der Waals surface area contributed by atoms with Crippen molar-refractivity contribution in [2.75, 3.05) is 52.5 Å². The number of hydrogen-bond donors (Lipinski definition) is 0. The minimum Gasteiger partial charge on any atom is -0.477 e. The molecule has 2 atom stereocenters. The molecule has 3 aliphatic heterocycles. The molecule has 0 N–H and O–H groups in total. The van der Waals surface area contributed by atoms with E-state index in [1.54, 1.807) is 6.20 Å². The predicted molar refractivity (Wildman–Crippen MR) is 88.7 cm³/mol. The molecule has 3 fully saturated rings. The second-order valence-corrected chi connectivity index (χ2v) is 7.29. The van der Waals surface area contributed by atoms with Crippen LogP contribution in [0.1, 0.15) is 12.8 Å². The van der Waals surface area contributed by atoms with Crippen molar-refractivity contribution in [1.29, 1.82) is 0 Å². The van der Waals surface area contributed by atoms with E-state index in [1.165, 1.54) is 0 Å². The summed E-state index contributed by atoms with van der Waals surface area (Å²) >= 11 is 0. The lowest BCUT2D eigenvalue weighted by Gasteiger charge is -2.27. The SMILES string of the molecule is O=C(CN1C[C@@H]2COC[C@]2(COc2ccccn2)C1)N1CCCC1. The second-order valence-electron chi connectivity index (χ2n) is 7.29. The van der Waals surface area contributed by atoms with Crippen LogP contribution in [0.25, 0.3) is 0 Å². The van der Waals surface area contributed by atoms with Gasteiger partial charge in [-0.15, -0.1) is 0 Å². The maximum absolute atomic E-state index is 12.4. The van der Waals surface area contributed by atoms with E-state index in [9.17, 15) is 4.79 Å². The average Bonchev–Trinajstić information content (AvgIpc) is 3.30.